The number of methoxy groups -OCH3 is 3. The molecule has 6 nitrogen and oxygen atoms in total. The molecule has 7 heteroatoms. The topological polar surface area (TPSA) is 73.9 Å². The summed E-state index contributed by atoms with van der Waals surface area (Å²) >= 11 is 0. The highest BCUT2D eigenvalue weighted by atomic mass is 32.2. The normalized spacial score (nSPS) is 12.3. The van der Waals surface area contributed by atoms with Crippen molar-refractivity contribution in [1.82, 2.24) is 0 Å². The molecule has 2 aromatic rings. The summed E-state index contributed by atoms with van der Waals surface area (Å²) < 4.78 is 43.7. The predicted octanol–water partition coefficient (Wildman–Crippen LogP) is 4.03. The van der Waals surface area contributed by atoms with E-state index < -0.39 is 10.0 Å². The summed E-state index contributed by atoms with van der Waals surface area (Å²) in [6.07, 6.45) is 0.996. The Labute approximate surface area is 155 Å². The standard InChI is InChI=1S/C19H25NO5S/c1-6-13(2)14-7-9-16(10-8-14)26(21,22)20-15-11-17(23-3)19(25-5)18(12-15)24-4/h7-13,20H,6H2,1-5H3/t13-/m1/s1. The molecular formula is C19H25NO5S. The van der Waals surface area contributed by atoms with E-state index in [0.717, 1.165) is 12.0 Å². The van der Waals surface area contributed by atoms with Crippen molar-refractivity contribution in [2.24, 2.45) is 0 Å². The maximum atomic E-state index is 12.7. The summed E-state index contributed by atoms with van der Waals surface area (Å²) in [5.41, 5.74) is 1.43. The number of sulfonamides is 1. The molecule has 0 aliphatic carbocycles. The Kier molecular flexibility index (Phi) is 6.37. The second kappa shape index (κ2) is 8.31. The Morgan fingerprint density at radius 1 is 0.962 bits per heavy atom. The molecule has 26 heavy (non-hydrogen) atoms. The van der Waals surface area contributed by atoms with Crippen molar-refractivity contribution < 1.29 is 22.6 Å². The molecule has 0 aromatic heterocycles. The van der Waals surface area contributed by atoms with Gasteiger partial charge in [0.1, 0.15) is 0 Å². The van der Waals surface area contributed by atoms with Gasteiger partial charge in [-0.05, 0) is 30.0 Å². The van der Waals surface area contributed by atoms with Crippen molar-refractivity contribution in [2.45, 2.75) is 31.1 Å². The zero-order chi connectivity index (χ0) is 19.3. The van der Waals surface area contributed by atoms with E-state index in [-0.39, 0.29) is 4.90 Å². The zero-order valence-corrected chi connectivity index (χ0v) is 16.5. The van der Waals surface area contributed by atoms with Crippen LogP contribution < -0.4 is 18.9 Å². The minimum Gasteiger partial charge on any atom is -0.493 e. The molecule has 0 bridgehead atoms. The first-order valence-electron chi connectivity index (χ1n) is 8.29. The van der Waals surface area contributed by atoms with Gasteiger partial charge in [0.05, 0.1) is 31.9 Å². The summed E-state index contributed by atoms with van der Waals surface area (Å²) in [4.78, 5) is 0.193. The number of hydrogen-bond donors (Lipinski definition) is 1. The summed E-state index contributed by atoms with van der Waals surface area (Å²) in [6, 6.07) is 10.0. The third kappa shape index (κ3) is 4.22. The molecule has 0 saturated carbocycles. The Hall–Kier alpha value is -2.41. The summed E-state index contributed by atoms with van der Waals surface area (Å²) in [7, 11) is 0.706. The van der Waals surface area contributed by atoms with E-state index in [4.69, 9.17) is 14.2 Å². The SMILES string of the molecule is CC[C@@H](C)c1ccc(S(=O)(=O)Nc2cc(OC)c(OC)c(OC)c2)cc1. The van der Waals surface area contributed by atoms with Crippen molar-refractivity contribution >= 4 is 15.7 Å². The molecule has 0 aliphatic heterocycles. The quantitative estimate of drug-likeness (QED) is 0.750. The van der Waals surface area contributed by atoms with E-state index in [1.54, 1.807) is 24.3 Å². The first-order chi connectivity index (χ1) is 12.4. The van der Waals surface area contributed by atoms with Crippen LogP contribution in [0.2, 0.25) is 0 Å². The van der Waals surface area contributed by atoms with E-state index in [9.17, 15) is 8.42 Å². The van der Waals surface area contributed by atoms with Crippen LogP contribution in [0.25, 0.3) is 0 Å². The van der Waals surface area contributed by atoms with E-state index in [2.05, 4.69) is 18.6 Å². The van der Waals surface area contributed by atoms with E-state index in [0.29, 0.717) is 28.9 Å². The molecular weight excluding hydrogens is 354 g/mol. The molecule has 0 radical (unpaired) electrons. The fraction of sp³-hybridized carbons (Fsp3) is 0.368. The maximum absolute atomic E-state index is 12.7. The largest absolute Gasteiger partial charge is 0.493 e. The monoisotopic (exact) mass is 379 g/mol. The number of nitrogens with one attached hydrogen (secondary N) is 1. The van der Waals surface area contributed by atoms with Crippen molar-refractivity contribution in [3.63, 3.8) is 0 Å². The number of hydrogen-bond acceptors (Lipinski definition) is 5. The highest BCUT2D eigenvalue weighted by molar-refractivity contribution is 7.92. The highest BCUT2D eigenvalue weighted by Gasteiger charge is 2.19. The van der Waals surface area contributed by atoms with Gasteiger partial charge in [-0.25, -0.2) is 8.42 Å². The highest BCUT2D eigenvalue weighted by Crippen LogP contribution is 2.40. The lowest BCUT2D eigenvalue weighted by molar-refractivity contribution is 0.325. The van der Waals surface area contributed by atoms with E-state index >= 15 is 0 Å². The Morgan fingerprint density at radius 2 is 1.50 bits per heavy atom. The van der Waals surface area contributed by atoms with E-state index in [1.807, 2.05) is 12.1 Å². The first-order valence-corrected chi connectivity index (χ1v) is 9.77. The second-order valence-electron chi connectivity index (χ2n) is 5.90. The maximum Gasteiger partial charge on any atom is 0.261 e. The van der Waals surface area contributed by atoms with Crippen LogP contribution in [-0.4, -0.2) is 29.7 Å². The van der Waals surface area contributed by atoms with Crippen LogP contribution in [0.3, 0.4) is 0 Å². The van der Waals surface area contributed by atoms with Gasteiger partial charge in [0, 0.05) is 12.1 Å². The van der Waals surface area contributed by atoms with Crippen molar-refractivity contribution in [3.05, 3.63) is 42.0 Å². The molecule has 1 atom stereocenters. The van der Waals surface area contributed by atoms with Gasteiger partial charge in [-0.15, -0.1) is 0 Å². The second-order valence-corrected chi connectivity index (χ2v) is 7.58. The van der Waals surface area contributed by atoms with Crippen LogP contribution in [0, 0.1) is 0 Å². The lowest BCUT2D eigenvalue weighted by Crippen LogP contribution is -2.13. The number of rotatable bonds is 8. The molecule has 0 amide bonds. The van der Waals surface area contributed by atoms with Crippen LogP contribution in [0.15, 0.2) is 41.3 Å². The number of anilines is 1. The summed E-state index contributed by atoms with van der Waals surface area (Å²) in [5.74, 6) is 1.53. The summed E-state index contributed by atoms with van der Waals surface area (Å²) in [6.45, 7) is 4.21. The van der Waals surface area contributed by atoms with E-state index in [1.165, 1.54) is 21.3 Å². The minimum atomic E-state index is -3.73. The molecule has 0 spiro atoms. The van der Waals surface area contributed by atoms with Gasteiger partial charge < -0.3 is 14.2 Å². The van der Waals surface area contributed by atoms with Gasteiger partial charge in [-0.1, -0.05) is 26.0 Å². The smallest absolute Gasteiger partial charge is 0.261 e. The fourth-order valence-electron chi connectivity index (χ4n) is 2.57. The average molecular weight is 379 g/mol. The molecule has 142 valence electrons. The molecule has 0 fully saturated rings. The van der Waals surface area contributed by atoms with Crippen LogP contribution in [-0.2, 0) is 10.0 Å². The molecule has 2 rings (SSSR count). The van der Waals surface area contributed by atoms with Gasteiger partial charge >= 0.3 is 0 Å². The first kappa shape index (κ1) is 19.9. The van der Waals surface area contributed by atoms with Gasteiger partial charge in [-0.2, -0.15) is 0 Å². The van der Waals surface area contributed by atoms with Gasteiger partial charge in [-0.3, -0.25) is 4.72 Å². The third-order valence-corrected chi connectivity index (χ3v) is 5.69. The molecule has 0 heterocycles. The molecule has 0 aliphatic rings. The number of benzene rings is 2. The summed E-state index contributed by atoms with van der Waals surface area (Å²) in [5, 5.41) is 0. The van der Waals surface area contributed by atoms with Gasteiger partial charge in [0.15, 0.2) is 11.5 Å². The Balaban J connectivity index is 2.34. The fourth-order valence-corrected chi connectivity index (χ4v) is 3.61. The van der Waals surface area contributed by atoms with Crippen molar-refractivity contribution in [2.75, 3.05) is 26.1 Å². The molecule has 2 aromatic carbocycles. The van der Waals surface area contributed by atoms with Crippen molar-refractivity contribution in [1.29, 1.82) is 0 Å². The van der Waals surface area contributed by atoms with Crippen LogP contribution in [0.4, 0.5) is 5.69 Å². The average Bonchev–Trinajstić information content (AvgIpc) is 2.66. The number of ether oxygens (including phenoxy) is 3. The van der Waals surface area contributed by atoms with Crippen molar-refractivity contribution in [3.8, 4) is 17.2 Å². The lowest BCUT2D eigenvalue weighted by atomic mass is 9.99. The molecule has 1 N–H and O–H groups in total. The Bertz CT molecular complexity index is 822. The predicted molar refractivity (Wildman–Crippen MR) is 102 cm³/mol. The lowest BCUT2D eigenvalue weighted by Gasteiger charge is -2.15. The Morgan fingerprint density at radius 3 is 1.92 bits per heavy atom. The van der Waals surface area contributed by atoms with Crippen LogP contribution >= 0.6 is 0 Å². The van der Waals surface area contributed by atoms with Gasteiger partial charge in [0.25, 0.3) is 10.0 Å². The minimum absolute atomic E-state index is 0.193. The van der Waals surface area contributed by atoms with Crippen LogP contribution in [0.5, 0.6) is 17.2 Å². The third-order valence-electron chi connectivity index (χ3n) is 4.29. The van der Waals surface area contributed by atoms with Gasteiger partial charge in [0.2, 0.25) is 5.75 Å². The molecule has 0 saturated heterocycles. The van der Waals surface area contributed by atoms with Crippen LogP contribution in [0.1, 0.15) is 31.7 Å². The molecule has 0 unspecified atom stereocenters. The zero-order valence-electron chi connectivity index (χ0n) is 15.7.